The highest BCUT2D eigenvalue weighted by atomic mass is 16.5. The van der Waals surface area contributed by atoms with Gasteiger partial charge in [-0.3, -0.25) is 14.4 Å². The van der Waals surface area contributed by atoms with Crippen LogP contribution in [0.15, 0.2) is 18.2 Å². The van der Waals surface area contributed by atoms with Gasteiger partial charge in [0.1, 0.15) is 11.8 Å². The zero-order valence-electron chi connectivity index (χ0n) is 10.1. The van der Waals surface area contributed by atoms with Gasteiger partial charge in [-0.25, -0.2) is 0 Å². The molecular formula is C12H12N2O5. The number of carboxylic acid groups (broad SMARTS) is 1. The Kier molecular flexibility index (Phi) is 3.22. The summed E-state index contributed by atoms with van der Waals surface area (Å²) in [6, 6.07) is 3.28. The molecule has 0 saturated carbocycles. The first-order chi connectivity index (χ1) is 8.95. The Hall–Kier alpha value is -2.41. The minimum Gasteiger partial charge on any atom is -0.497 e. The highest BCUT2D eigenvalue weighted by Crippen LogP contribution is 2.32. The molecule has 2 rings (SSSR count). The molecule has 0 aromatic heterocycles. The van der Waals surface area contributed by atoms with Crippen LogP contribution < -0.4 is 15.4 Å². The van der Waals surface area contributed by atoms with E-state index in [9.17, 15) is 14.4 Å². The van der Waals surface area contributed by atoms with E-state index in [1.807, 2.05) is 0 Å². The summed E-state index contributed by atoms with van der Waals surface area (Å²) >= 11 is 0. The van der Waals surface area contributed by atoms with Crippen molar-refractivity contribution in [1.29, 1.82) is 0 Å². The topological polar surface area (TPSA) is 110 Å². The van der Waals surface area contributed by atoms with Crippen molar-refractivity contribution in [3.8, 4) is 5.75 Å². The van der Waals surface area contributed by atoms with Gasteiger partial charge in [0.15, 0.2) is 0 Å². The van der Waals surface area contributed by atoms with E-state index in [0.717, 1.165) is 4.90 Å². The maximum Gasteiger partial charge on any atom is 0.322 e. The number of nitrogens with zero attached hydrogens (tertiary/aromatic N) is 1. The van der Waals surface area contributed by atoms with Crippen molar-refractivity contribution in [3.05, 3.63) is 23.8 Å². The number of rotatable bonds is 4. The number of methoxy groups -OCH3 is 1. The SMILES string of the molecule is COc1ccc2c(c1)N(CC(N)C(=O)O)C(=O)C2=O. The van der Waals surface area contributed by atoms with Crippen LogP contribution in [0.5, 0.6) is 5.75 Å². The molecule has 0 spiro atoms. The zero-order valence-corrected chi connectivity index (χ0v) is 10.1. The third-order valence-electron chi connectivity index (χ3n) is 2.88. The van der Waals surface area contributed by atoms with E-state index in [4.69, 9.17) is 15.6 Å². The molecule has 19 heavy (non-hydrogen) atoms. The number of fused-ring (bicyclic) bond motifs is 1. The van der Waals surface area contributed by atoms with Crippen LogP contribution in [0.4, 0.5) is 5.69 Å². The van der Waals surface area contributed by atoms with Crippen molar-refractivity contribution in [1.82, 2.24) is 0 Å². The van der Waals surface area contributed by atoms with Gasteiger partial charge in [0.05, 0.1) is 24.9 Å². The Balaban J connectivity index is 2.39. The van der Waals surface area contributed by atoms with Crippen LogP contribution in [0.1, 0.15) is 10.4 Å². The first kappa shape index (κ1) is 13.0. The lowest BCUT2D eigenvalue weighted by molar-refractivity contribution is -0.138. The van der Waals surface area contributed by atoms with Crippen LogP contribution in [0.2, 0.25) is 0 Å². The normalized spacial score (nSPS) is 15.4. The lowest BCUT2D eigenvalue weighted by atomic mass is 10.1. The minimum absolute atomic E-state index is 0.225. The first-order valence-electron chi connectivity index (χ1n) is 5.48. The number of carbonyl (C=O) groups is 3. The quantitative estimate of drug-likeness (QED) is 0.718. The number of amides is 1. The summed E-state index contributed by atoms with van der Waals surface area (Å²) in [4.78, 5) is 35.4. The number of carboxylic acids is 1. The van der Waals surface area contributed by atoms with Gasteiger partial charge < -0.3 is 20.5 Å². The maximum absolute atomic E-state index is 11.8. The highest BCUT2D eigenvalue weighted by Gasteiger charge is 2.37. The summed E-state index contributed by atoms with van der Waals surface area (Å²) in [5, 5.41) is 8.77. The standard InChI is InChI=1S/C12H12N2O5/c1-19-6-2-3-7-9(4-6)14(11(16)10(7)15)5-8(13)12(17)18/h2-4,8H,5,13H2,1H3,(H,17,18). The Morgan fingerprint density at radius 3 is 2.74 bits per heavy atom. The van der Waals surface area contributed by atoms with Gasteiger partial charge in [0, 0.05) is 6.07 Å². The summed E-state index contributed by atoms with van der Waals surface area (Å²) in [5.74, 6) is -2.22. The van der Waals surface area contributed by atoms with Crippen LogP contribution in [0.25, 0.3) is 0 Å². The monoisotopic (exact) mass is 264 g/mol. The lowest BCUT2D eigenvalue weighted by Gasteiger charge is -2.19. The van der Waals surface area contributed by atoms with E-state index >= 15 is 0 Å². The predicted octanol–water partition coefficient (Wildman–Crippen LogP) is -0.364. The summed E-state index contributed by atoms with van der Waals surface area (Å²) in [6.45, 7) is -0.264. The Labute approximate surface area is 108 Å². The molecule has 0 radical (unpaired) electrons. The molecular weight excluding hydrogens is 252 g/mol. The molecule has 7 nitrogen and oxygen atoms in total. The van der Waals surface area contributed by atoms with E-state index in [1.54, 1.807) is 6.07 Å². The molecule has 1 aliphatic heterocycles. The molecule has 1 amide bonds. The molecule has 1 atom stereocenters. The Morgan fingerprint density at radius 1 is 1.47 bits per heavy atom. The van der Waals surface area contributed by atoms with Gasteiger partial charge in [-0.2, -0.15) is 0 Å². The fourth-order valence-corrected chi connectivity index (χ4v) is 1.86. The van der Waals surface area contributed by atoms with Gasteiger partial charge in [0.2, 0.25) is 0 Å². The van der Waals surface area contributed by atoms with Gasteiger partial charge in [-0.05, 0) is 12.1 Å². The summed E-state index contributed by atoms with van der Waals surface area (Å²) in [6.07, 6.45) is 0. The molecule has 7 heteroatoms. The van der Waals surface area contributed by atoms with Crippen LogP contribution in [0.3, 0.4) is 0 Å². The molecule has 0 saturated heterocycles. The summed E-state index contributed by atoms with van der Waals surface area (Å²) in [7, 11) is 1.45. The molecule has 1 aromatic rings. The van der Waals surface area contributed by atoms with Crippen LogP contribution >= 0.6 is 0 Å². The molecule has 1 unspecified atom stereocenters. The van der Waals surface area contributed by atoms with E-state index in [2.05, 4.69) is 0 Å². The van der Waals surface area contributed by atoms with Crippen molar-refractivity contribution in [2.24, 2.45) is 5.73 Å². The molecule has 1 aliphatic rings. The number of nitrogens with two attached hydrogens (primary N) is 1. The van der Waals surface area contributed by atoms with Crippen molar-refractivity contribution in [2.75, 3.05) is 18.6 Å². The number of carbonyl (C=O) groups excluding carboxylic acids is 2. The van der Waals surface area contributed by atoms with Crippen molar-refractivity contribution in [3.63, 3.8) is 0 Å². The lowest BCUT2D eigenvalue weighted by Crippen LogP contribution is -2.44. The third-order valence-corrected chi connectivity index (χ3v) is 2.88. The summed E-state index contributed by atoms with van der Waals surface area (Å²) < 4.78 is 5.01. The Morgan fingerprint density at radius 2 is 2.16 bits per heavy atom. The number of Topliss-reactive ketones (excluding diaryl/α,β-unsaturated/α-hetero) is 1. The number of aliphatic carboxylic acids is 1. The molecule has 1 aromatic carbocycles. The molecule has 0 aliphatic carbocycles. The van der Waals surface area contributed by atoms with Crippen molar-refractivity contribution >= 4 is 23.3 Å². The zero-order chi connectivity index (χ0) is 14.2. The molecule has 1 heterocycles. The summed E-state index contributed by atoms with van der Waals surface area (Å²) in [5.41, 5.74) is 5.95. The molecule has 0 bridgehead atoms. The number of anilines is 1. The van der Waals surface area contributed by atoms with E-state index in [-0.39, 0.29) is 12.1 Å². The second-order valence-corrected chi connectivity index (χ2v) is 4.07. The number of ether oxygens (including phenoxy) is 1. The predicted molar refractivity (Wildman–Crippen MR) is 65.3 cm³/mol. The van der Waals surface area contributed by atoms with Crippen LogP contribution in [-0.2, 0) is 9.59 Å². The fourth-order valence-electron chi connectivity index (χ4n) is 1.86. The van der Waals surface area contributed by atoms with Crippen LogP contribution in [-0.4, -0.2) is 42.5 Å². The number of hydrogen-bond donors (Lipinski definition) is 2. The van der Waals surface area contributed by atoms with Gasteiger partial charge >= 0.3 is 5.97 Å². The van der Waals surface area contributed by atoms with Crippen molar-refractivity contribution in [2.45, 2.75) is 6.04 Å². The molecule has 3 N–H and O–H groups in total. The largest absolute Gasteiger partial charge is 0.497 e. The third kappa shape index (κ3) is 2.15. The average Bonchev–Trinajstić information content (AvgIpc) is 2.63. The van der Waals surface area contributed by atoms with Gasteiger partial charge in [-0.1, -0.05) is 0 Å². The number of benzene rings is 1. The number of hydrogen-bond acceptors (Lipinski definition) is 5. The molecule has 100 valence electrons. The van der Waals surface area contributed by atoms with Gasteiger partial charge in [0.25, 0.3) is 11.7 Å². The van der Waals surface area contributed by atoms with E-state index in [1.165, 1.54) is 19.2 Å². The Bertz CT molecular complexity index is 569. The maximum atomic E-state index is 11.8. The average molecular weight is 264 g/mol. The first-order valence-corrected chi connectivity index (χ1v) is 5.48. The van der Waals surface area contributed by atoms with Crippen molar-refractivity contribution < 1.29 is 24.2 Å². The molecule has 0 fully saturated rings. The number of ketones is 1. The minimum atomic E-state index is -1.26. The second-order valence-electron chi connectivity index (χ2n) is 4.07. The highest BCUT2D eigenvalue weighted by molar-refractivity contribution is 6.52. The van der Waals surface area contributed by atoms with Gasteiger partial charge in [-0.15, -0.1) is 0 Å². The van der Waals surface area contributed by atoms with E-state index in [0.29, 0.717) is 11.4 Å². The van der Waals surface area contributed by atoms with E-state index < -0.39 is 23.7 Å². The fraction of sp³-hybridized carbons (Fsp3) is 0.250. The second kappa shape index (κ2) is 4.69. The smallest absolute Gasteiger partial charge is 0.322 e. The van der Waals surface area contributed by atoms with Crippen LogP contribution in [0, 0.1) is 0 Å².